The van der Waals surface area contributed by atoms with E-state index in [0.717, 1.165) is 38.6 Å². The van der Waals surface area contributed by atoms with Crippen LogP contribution in [0.15, 0.2) is 12.1 Å². The molecule has 0 unspecified atom stereocenters. The van der Waals surface area contributed by atoms with Crippen molar-refractivity contribution in [3.05, 3.63) is 23.3 Å². The molecule has 0 bridgehead atoms. The number of carboxylic acid groups (broad SMARTS) is 1. The number of aromatic carboxylic acids is 1. The first-order chi connectivity index (χ1) is 16.8. The Bertz CT molecular complexity index is 976. The lowest BCUT2D eigenvalue weighted by Gasteiger charge is -2.54. The van der Waals surface area contributed by atoms with Crippen LogP contribution in [0.2, 0.25) is 5.82 Å². The number of likely N-dealkylation sites (tertiary alicyclic amines) is 1. The molecule has 35 heavy (non-hydrogen) atoms. The number of benzene rings is 1. The number of hydrogen-bond acceptors (Lipinski definition) is 8. The van der Waals surface area contributed by atoms with E-state index in [-0.39, 0.29) is 35.0 Å². The van der Waals surface area contributed by atoms with Gasteiger partial charge in [0.2, 0.25) is 5.91 Å². The van der Waals surface area contributed by atoms with Crippen molar-refractivity contribution in [2.75, 3.05) is 26.2 Å². The molecule has 4 aliphatic rings. The molecule has 0 spiro atoms. The molecule has 3 fully saturated rings. The molecule has 1 amide bonds. The molecular formula is C24H35BN3O7-. The Morgan fingerprint density at radius 3 is 2.51 bits per heavy atom. The molecular weight excluding hydrogens is 453 g/mol. The van der Waals surface area contributed by atoms with Crippen LogP contribution < -0.4 is 20.4 Å². The highest BCUT2D eigenvalue weighted by atomic mass is 16.6. The molecule has 192 valence electrons. The van der Waals surface area contributed by atoms with Crippen LogP contribution in [0.3, 0.4) is 0 Å². The molecule has 1 aromatic rings. The number of nitrogens with two attached hydrogens (primary N) is 1. The normalized spacial score (nSPS) is 29.2. The third-order valence-electron chi connectivity index (χ3n) is 8.32. The van der Waals surface area contributed by atoms with Crippen molar-refractivity contribution < 1.29 is 34.1 Å². The van der Waals surface area contributed by atoms with Crippen molar-refractivity contribution in [2.24, 2.45) is 11.7 Å². The van der Waals surface area contributed by atoms with Crippen LogP contribution in [0.4, 0.5) is 0 Å². The number of carboxylic acids is 1. The molecule has 1 saturated heterocycles. The van der Waals surface area contributed by atoms with E-state index in [1.54, 1.807) is 17.0 Å². The highest BCUT2D eigenvalue weighted by molar-refractivity contribution is 6.61. The molecule has 2 saturated carbocycles. The summed E-state index contributed by atoms with van der Waals surface area (Å²) in [6.07, 6.45) is 5.79. The Labute approximate surface area is 204 Å². The van der Waals surface area contributed by atoms with Gasteiger partial charge in [0, 0.05) is 25.6 Å². The van der Waals surface area contributed by atoms with Gasteiger partial charge in [0.1, 0.15) is 17.4 Å². The highest BCUT2D eigenvalue weighted by Crippen LogP contribution is 2.58. The lowest BCUT2D eigenvalue weighted by Crippen LogP contribution is -2.57. The molecule has 0 radical (unpaired) electrons. The van der Waals surface area contributed by atoms with Gasteiger partial charge in [-0.3, -0.25) is 4.79 Å². The van der Waals surface area contributed by atoms with E-state index in [2.05, 4.69) is 5.32 Å². The van der Waals surface area contributed by atoms with Crippen molar-refractivity contribution in [1.29, 1.82) is 0 Å². The SMILES string of the molecule is NCCNC1CCC(CC(=O)N2CC(Oc3ccc4c(c3C(=O)O)O[B-](O)(O)[C@@H]3CC[C@H]43)C2)CC1. The second kappa shape index (κ2) is 9.61. The van der Waals surface area contributed by atoms with Crippen molar-refractivity contribution >= 4 is 18.6 Å². The van der Waals surface area contributed by atoms with Crippen LogP contribution in [-0.4, -0.2) is 77.0 Å². The van der Waals surface area contributed by atoms with E-state index in [1.165, 1.54) is 0 Å². The van der Waals surface area contributed by atoms with Crippen molar-refractivity contribution in [1.82, 2.24) is 10.2 Å². The van der Waals surface area contributed by atoms with Gasteiger partial charge in [-0.2, -0.15) is 0 Å². The average molecular weight is 488 g/mol. The van der Waals surface area contributed by atoms with E-state index >= 15 is 0 Å². The first-order valence-electron chi connectivity index (χ1n) is 12.8. The molecule has 11 heteroatoms. The van der Waals surface area contributed by atoms with Crippen LogP contribution in [-0.2, 0) is 4.79 Å². The summed E-state index contributed by atoms with van der Waals surface area (Å²) < 4.78 is 11.4. The summed E-state index contributed by atoms with van der Waals surface area (Å²) in [5.74, 6) is -1.15. The minimum absolute atomic E-state index is 0.00948. The Balaban J connectivity index is 1.16. The smallest absolute Gasteiger partial charge is 0.434 e. The van der Waals surface area contributed by atoms with Gasteiger partial charge in [0.15, 0.2) is 0 Å². The molecule has 2 aliphatic carbocycles. The minimum atomic E-state index is -3.11. The van der Waals surface area contributed by atoms with Gasteiger partial charge in [0.25, 0.3) is 0 Å². The van der Waals surface area contributed by atoms with Gasteiger partial charge in [-0.15, -0.1) is 0 Å². The third kappa shape index (κ3) is 4.74. The summed E-state index contributed by atoms with van der Waals surface area (Å²) in [7, 11) is 0. The van der Waals surface area contributed by atoms with E-state index in [9.17, 15) is 24.7 Å². The largest absolute Gasteiger partial charge is 0.669 e. The Morgan fingerprint density at radius 2 is 1.89 bits per heavy atom. The second-order valence-corrected chi connectivity index (χ2v) is 10.6. The van der Waals surface area contributed by atoms with Crippen LogP contribution in [0.5, 0.6) is 11.5 Å². The van der Waals surface area contributed by atoms with Gasteiger partial charge in [-0.05, 0) is 49.1 Å². The number of nitrogens with one attached hydrogen (secondary N) is 1. The average Bonchev–Trinajstić information content (AvgIpc) is 2.74. The first kappa shape index (κ1) is 24.4. The maximum atomic E-state index is 12.7. The van der Waals surface area contributed by atoms with Crippen LogP contribution in [0, 0.1) is 5.92 Å². The number of carbonyl (C=O) groups is 2. The predicted octanol–water partition coefficient (Wildman–Crippen LogP) is 1.04. The lowest BCUT2D eigenvalue weighted by atomic mass is 9.46. The van der Waals surface area contributed by atoms with Crippen molar-refractivity contribution in [3.63, 3.8) is 0 Å². The van der Waals surface area contributed by atoms with Gasteiger partial charge in [-0.1, -0.05) is 24.7 Å². The molecule has 2 atom stereocenters. The number of hydrogen-bond donors (Lipinski definition) is 5. The number of nitrogens with zero attached hydrogens (tertiary/aromatic N) is 1. The Morgan fingerprint density at radius 1 is 1.14 bits per heavy atom. The van der Waals surface area contributed by atoms with Gasteiger partial charge >= 0.3 is 12.7 Å². The molecule has 2 heterocycles. The molecule has 0 aromatic heterocycles. The van der Waals surface area contributed by atoms with Crippen LogP contribution in [0.25, 0.3) is 0 Å². The zero-order valence-electron chi connectivity index (χ0n) is 19.9. The first-order valence-corrected chi connectivity index (χ1v) is 12.8. The van der Waals surface area contributed by atoms with Crippen molar-refractivity contribution in [3.8, 4) is 11.5 Å². The number of carbonyl (C=O) groups excluding carboxylic acids is 1. The van der Waals surface area contributed by atoms with E-state index in [1.807, 2.05) is 0 Å². The fourth-order valence-electron chi connectivity index (χ4n) is 6.12. The number of rotatable bonds is 8. The zero-order chi connectivity index (χ0) is 24.7. The predicted molar refractivity (Wildman–Crippen MR) is 128 cm³/mol. The maximum Gasteiger partial charge on any atom is 0.434 e. The maximum absolute atomic E-state index is 12.7. The molecule has 10 nitrogen and oxygen atoms in total. The molecule has 5 rings (SSSR count). The zero-order valence-corrected chi connectivity index (χ0v) is 19.9. The van der Waals surface area contributed by atoms with E-state index in [0.29, 0.717) is 50.0 Å². The Hall–Kier alpha value is -2.34. The Kier molecular flexibility index (Phi) is 6.69. The third-order valence-corrected chi connectivity index (χ3v) is 8.32. The summed E-state index contributed by atoms with van der Waals surface area (Å²) in [5.41, 5.74) is 6.05. The fraction of sp³-hybridized carbons (Fsp3) is 0.667. The highest BCUT2D eigenvalue weighted by Gasteiger charge is 2.50. The summed E-state index contributed by atoms with van der Waals surface area (Å²) in [6.45, 7) is -0.845. The lowest BCUT2D eigenvalue weighted by molar-refractivity contribution is -0.141. The van der Waals surface area contributed by atoms with Crippen LogP contribution >= 0.6 is 0 Å². The van der Waals surface area contributed by atoms with Crippen LogP contribution in [0.1, 0.15) is 66.8 Å². The van der Waals surface area contributed by atoms with E-state index in [4.69, 9.17) is 15.1 Å². The topological polar surface area (TPSA) is 155 Å². The summed E-state index contributed by atoms with van der Waals surface area (Å²) in [6, 6.07) is 3.88. The van der Waals surface area contributed by atoms with Gasteiger partial charge in [-0.25, -0.2) is 4.79 Å². The minimum Gasteiger partial charge on any atom is -0.669 e. The van der Waals surface area contributed by atoms with Crippen molar-refractivity contribution in [2.45, 2.75) is 68.8 Å². The molecule has 1 aromatic carbocycles. The summed E-state index contributed by atoms with van der Waals surface area (Å²) in [5, 5.41) is 34.0. The number of amides is 1. The summed E-state index contributed by atoms with van der Waals surface area (Å²) >= 11 is 0. The number of ether oxygens (including phenoxy) is 1. The second-order valence-electron chi connectivity index (χ2n) is 10.6. The van der Waals surface area contributed by atoms with E-state index < -0.39 is 18.5 Å². The van der Waals surface area contributed by atoms with Gasteiger partial charge in [0.05, 0.1) is 18.8 Å². The summed E-state index contributed by atoms with van der Waals surface area (Å²) in [4.78, 5) is 26.6. The standard InChI is InChI=1S/C24H35BN3O7/c26-9-10-27-15-3-1-14(2-4-15)11-21(29)28-12-16(13-28)34-20-8-6-18-17-5-7-19(17)25(32,33)35-23(18)22(20)24(30)31/h6,8,14-17,19,27,32-33H,1-5,7,9-13,26H2,(H,30,31)/q-1/t14?,15?,17-,19-/m1/s1. The molecule has 6 N–H and O–H groups in total. The monoisotopic (exact) mass is 488 g/mol. The number of fused-ring (bicyclic) bond motifs is 3. The fourth-order valence-corrected chi connectivity index (χ4v) is 6.12. The molecule has 2 aliphatic heterocycles. The quantitative estimate of drug-likeness (QED) is 0.338. The van der Waals surface area contributed by atoms with Gasteiger partial charge < -0.3 is 40.5 Å².